The minimum Gasteiger partial charge on any atom is -0.478 e. The lowest BCUT2D eigenvalue weighted by Gasteiger charge is -2.25. The molecule has 0 saturated carbocycles. The summed E-state index contributed by atoms with van der Waals surface area (Å²) in [7, 11) is 0. The van der Waals surface area contributed by atoms with E-state index in [-0.39, 0.29) is 11.5 Å². The topological polar surface area (TPSA) is 91.8 Å². The molecule has 0 spiro atoms. The van der Waals surface area contributed by atoms with Crippen molar-refractivity contribution >= 4 is 28.9 Å². The molecule has 2 aromatic rings. The molecule has 2 heterocycles. The van der Waals surface area contributed by atoms with Gasteiger partial charge in [-0.25, -0.2) is 9.78 Å². The Morgan fingerprint density at radius 3 is 2.62 bits per heavy atom. The zero-order chi connectivity index (χ0) is 16.9. The Morgan fingerprint density at radius 2 is 1.96 bits per heavy atom. The van der Waals surface area contributed by atoms with E-state index in [1.54, 1.807) is 17.5 Å². The highest BCUT2D eigenvalue weighted by molar-refractivity contribution is 7.09. The Bertz CT molecular complexity index is 723. The third-order valence-corrected chi connectivity index (χ3v) is 4.47. The van der Waals surface area contributed by atoms with Crippen molar-refractivity contribution in [2.24, 2.45) is 0 Å². The maximum absolute atomic E-state index is 12.2. The zero-order valence-corrected chi connectivity index (χ0v) is 13.7. The molecule has 1 fully saturated rings. The standard InChI is InChI=1S/C16H17N3O4S/c20-15(17-12-3-1-11(2-4-12)16(21)22)13-10-24-14(18-13)9-19-5-7-23-8-6-19/h1-4,10H,5-9H2,(H,17,20)(H,21,22). The van der Waals surface area contributed by atoms with Crippen LogP contribution in [0.3, 0.4) is 0 Å². The number of rotatable bonds is 5. The normalized spacial score (nSPS) is 15.2. The molecule has 126 valence electrons. The fourth-order valence-corrected chi connectivity index (χ4v) is 3.15. The molecule has 3 rings (SSSR count). The number of anilines is 1. The molecule has 0 unspecified atom stereocenters. The number of carboxylic acids is 1. The molecule has 24 heavy (non-hydrogen) atoms. The Balaban J connectivity index is 1.59. The molecule has 1 aliphatic rings. The van der Waals surface area contributed by atoms with Gasteiger partial charge in [0.25, 0.3) is 5.91 Å². The van der Waals surface area contributed by atoms with Crippen molar-refractivity contribution in [1.29, 1.82) is 0 Å². The summed E-state index contributed by atoms with van der Waals surface area (Å²) in [6.45, 7) is 3.92. The third-order valence-electron chi connectivity index (χ3n) is 3.64. The first-order valence-corrected chi connectivity index (χ1v) is 8.39. The zero-order valence-electron chi connectivity index (χ0n) is 12.9. The summed E-state index contributed by atoms with van der Waals surface area (Å²) in [5.74, 6) is -1.30. The number of morpholine rings is 1. The van der Waals surface area contributed by atoms with Crippen LogP contribution in [-0.2, 0) is 11.3 Å². The highest BCUT2D eigenvalue weighted by Gasteiger charge is 2.15. The van der Waals surface area contributed by atoms with Crippen LogP contribution in [0.4, 0.5) is 5.69 Å². The molecule has 1 aromatic carbocycles. The van der Waals surface area contributed by atoms with Crippen LogP contribution in [0, 0.1) is 0 Å². The van der Waals surface area contributed by atoms with Gasteiger partial charge in [-0.3, -0.25) is 9.69 Å². The van der Waals surface area contributed by atoms with Gasteiger partial charge in [0.2, 0.25) is 0 Å². The number of carbonyl (C=O) groups excluding carboxylic acids is 1. The van der Waals surface area contributed by atoms with E-state index in [0.29, 0.717) is 17.9 Å². The minimum atomic E-state index is -1.000. The van der Waals surface area contributed by atoms with Gasteiger partial charge in [0.15, 0.2) is 0 Å². The van der Waals surface area contributed by atoms with Crippen molar-refractivity contribution in [3.05, 3.63) is 45.9 Å². The highest BCUT2D eigenvalue weighted by atomic mass is 32.1. The van der Waals surface area contributed by atoms with Crippen LogP contribution in [0.2, 0.25) is 0 Å². The fourth-order valence-electron chi connectivity index (χ4n) is 2.33. The van der Waals surface area contributed by atoms with Gasteiger partial charge in [-0.05, 0) is 24.3 Å². The van der Waals surface area contributed by atoms with Gasteiger partial charge in [-0.2, -0.15) is 0 Å². The average Bonchev–Trinajstić information content (AvgIpc) is 3.05. The molecular formula is C16H17N3O4S. The molecular weight excluding hydrogens is 330 g/mol. The van der Waals surface area contributed by atoms with Crippen molar-refractivity contribution in [1.82, 2.24) is 9.88 Å². The van der Waals surface area contributed by atoms with E-state index in [1.165, 1.54) is 23.5 Å². The Kier molecular flexibility index (Phi) is 5.19. The van der Waals surface area contributed by atoms with Crippen LogP contribution in [0.25, 0.3) is 0 Å². The maximum atomic E-state index is 12.2. The van der Waals surface area contributed by atoms with Gasteiger partial charge in [0.1, 0.15) is 10.7 Å². The van der Waals surface area contributed by atoms with Gasteiger partial charge in [0.05, 0.1) is 25.3 Å². The molecule has 1 aliphatic heterocycles. The van der Waals surface area contributed by atoms with Crippen LogP contribution in [0.1, 0.15) is 25.9 Å². The smallest absolute Gasteiger partial charge is 0.335 e. The number of carboxylic acid groups (broad SMARTS) is 1. The first-order valence-electron chi connectivity index (χ1n) is 7.51. The van der Waals surface area contributed by atoms with Crippen molar-refractivity contribution in [3.8, 4) is 0 Å². The highest BCUT2D eigenvalue weighted by Crippen LogP contribution is 2.16. The van der Waals surface area contributed by atoms with E-state index in [2.05, 4.69) is 15.2 Å². The molecule has 0 radical (unpaired) electrons. The van der Waals surface area contributed by atoms with Crippen LogP contribution < -0.4 is 5.32 Å². The summed E-state index contributed by atoms with van der Waals surface area (Å²) in [4.78, 5) is 29.7. The van der Waals surface area contributed by atoms with Crippen molar-refractivity contribution in [3.63, 3.8) is 0 Å². The number of carbonyl (C=O) groups is 2. The average molecular weight is 347 g/mol. The monoisotopic (exact) mass is 347 g/mol. The molecule has 2 N–H and O–H groups in total. The molecule has 1 saturated heterocycles. The van der Waals surface area contributed by atoms with Gasteiger partial charge in [-0.15, -0.1) is 11.3 Å². The van der Waals surface area contributed by atoms with Crippen LogP contribution >= 0.6 is 11.3 Å². The second-order valence-electron chi connectivity index (χ2n) is 5.35. The number of hydrogen-bond donors (Lipinski definition) is 2. The SMILES string of the molecule is O=C(O)c1ccc(NC(=O)c2csc(CN3CCOCC3)n2)cc1. The number of benzene rings is 1. The summed E-state index contributed by atoms with van der Waals surface area (Å²) in [6.07, 6.45) is 0. The third kappa shape index (κ3) is 4.16. The first-order chi connectivity index (χ1) is 11.6. The van der Waals surface area contributed by atoms with Crippen molar-refractivity contribution in [2.75, 3.05) is 31.6 Å². The fraction of sp³-hybridized carbons (Fsp3) is 0.312. The number of nitrogens with one attached hydrogen (secondary N) is 1. The Hall–Kier alpha value is -2.29. The quantitative estimate of drug-likeness (QED) is 0.859. The Morgan fingerprint density at radius 1 is 1.25 bits per heavy atom. The summed E-state index contributed by atoms with van der Waals surface area (Å²) in [5.41, 5.74) is 1.08. The number of amides is 1. The second kappa shape index (κ2) is 7.52. The minimum absolute atomic E-state index is 0.175. The number of thiazole rings is 1. The number of aromatic carboxylic acids is 1. The van der Waals surface area contributed by atoms with Crippen molar-refractivity contribution < 1.29 is 19.4 Å². The number of nitrogens with zero attached hydrogens (tertiary/aromatic N) is 2. The molecule has 1 amide bonds. The number of aromatic nitrogens is 1. The molecule has 7 nitrogen and oxygen atoms in total. The summed E-state index contributed by atoms with van der Waals surface area (Å²) in [5, 5.41) is 14.2. The van der Waals surface area contributed by atoms with E-state index < -0.39 is 5.97 Å². The predicted molar refractivity (Wildman–Crippen MR) is 89.6 cm³/mol. The van der Waals surface area contributed by atoms with Crippen LogP contribution in [0.5, 0.6) is 0 Å². The van der Waals surface area contributed by atoms with Gasteiger partial charge in [0, 0.05) is 24.2 Å². The van der Waals surface area contributed by atoms with Crippen LogP contribution in [0.15, 0.2) is 29.6 Å². The van der Waals surface area contributed by atoms with E-state index >= 15 is 0 Å². The largest absolute Gasteiger partial charge is 0.478 e. The second-order valence-corrected chi connectivity index (χ2v) is 6.29. The Labute approximate surface area is 142 Å². The van der Waals surface area contributed by atoms with Gasteiger partial charge < -0.3 is 15.2 Å². The molecule has 8 heteroatoms. The predicted octanol–water partition coefficient (Wildman–Crippen LogP) is 1.93. The lowest BCUT2D eigenvalue weighted by molar-refractivity contribution is 0.0341. The van der Waals surface area contributed by atoms with E-state index in [1.807, 2.05) is 0 Å². The van der Waals surface area contributed by atoms with E-state index in [4.69, 9.17) is 9.84 Å². The summed E-state index contributed by atoms with van der Waals surface area (Å²) in [6, 6.07) is 6.01. The lowest BCUT2D eigenvalue weighted by atomic mass is 10.2. The van der Waals surface area contributed by atoms with E-state index in [0.717, 1.165) is 31.3 Å². The summed E-state index contributed by atoms with van der Waals surface area (Å²) < 4.78 is 5.31. The lowest BCUT2D eigenvalue weighted by Crippen LogP contribution is -2.35. The van der Waals surface area contributed by atoms with E-state index in [9.17, 15) is 9.59 Å². The van der Waals surface area contributed by atoms with Gasteiger partial charge >= 0.3 is 5.97 Å². The summed E-state index contributed by atoms with van der Waals surface area (Å²) >= 11 is 1.46. The molecule has 0 aliphatic carbocycles. The van der Waals surface area contributed by atoms with Gasteiger partial charge in [-0.1, -0.05) is 0 Å². The first kappa shape index (κ1) is 16.6. The molecule has 0 atom stereocenters. The molecule has 1 aromatic heterocycles. The molecule has 0 bridgehead atoms. The number of ether oxygens (including phenoxy) is 1. The van der Waals surface area contributed by atoms with Crippen LogP contribution in [-0.4, -0.2) is 53.2 Å². The number of hydrogen-bond acceptors (Lipinski definition) is 6. The maximum Gasteiger partial charge on any atom is 0.335 e. The van der Waals surface area contributed by atoms with Crippen molar-refractivity contribution in [2.45, 2.75) is 6.54 Å².